The molecule has 0 aliphatic heterocycles. The van der Waals surface area contributed by atoms with Crippen LogP contribution in [-0.4, -0.2) is 18.0 Å². The van der Waals surface area contributed by atoms with Crippen LogP contribution in [0.1, 0.15) is 120 Å². The molecule has 2 aromatic carbocycles. The summed E-state index contributed by atoms with van der Waals surface area (Å²) < 4.78 is 12.4. The normalized spacial score (nSPS) is 30.2. The molecular weight excluding hydrogens is 604 g/mol. The van der Waals surface area contributed by atoms with Crippen molar-refractivity contribution in [2.24, 2.45) is 22.7 Å². The number of fused-ring (bicyclic) bond motifs is 5. The number of hydrogen-bond donors (Lipinski definition) is 0. The minimum absolute atomic E-state index is 0.00397. The molecule has 0 saturated heterocycles. The van der Waals surface area contributed by atoms with E-state index in [0.29, 0.717) is 29.1 Å². The lowest BCUT2D eigenvalue weighted by molar-refractivity contribution is -0.167. The Morgan fingerprint density at radius 1 is 0.898 bits per heavy atom. The van der Waals surface area contributed by atoms with Crippen LogP contribution in [-0.2, 0) is 16.0 Å². The number of hydrogen-bond acceptors (Lipinski definition) is 4. The first-order valence-corrected chi connectivity index (χ1v) is 18.5. The molecule has 4 aliphatic carbocycles. The van der Waals surface area contributed by atoms with E-state index >= 15 is 0 Å². The van der Waals surface area contributed by atoms with E-state index in [0.717, 1.165) is 68.9 Å². The predicted octanol–water partition coefficient (Wildman–Crippen LogP) is 11.2. The average molecular weight is 659 g/mol. The molecule has 0 aromatic heterocycles. The van der Waals surface area contributed by atoms with E-state index in [1.54, 1.807) is 12.1 Å². The first kappa shape index (κ1) is 34.9. The van der Waals surface area contributed by atoms with Crippen LogP contribution in [0.5, 0.6) is 5.75 Å². The van der Waals surface area contributed by atoms with Crippen LogP contribution >= 0.6 is 0 Å². The van der Waals surface area contributed by atoms with Crippen LogP contribution in [0.15, 0.2) is 107 Å². The maximum Gasteiger partial charge on any atom is 0.343 e. The van der Waals surface area contributed by atoms with Gasteiger partial charge in [0.25, 0.3) is 0 Å². The number of allylic oxidation sites excluding steroid dienone is 9. The number of aryl methyl sites for hydroxylation is 1. The Morgan fingerprint density at radius 3 is 2.47 bits per heavy atom. The molecule has 0 radical (unpaired) electrons. The molecule has 4 nitrogen and oxygen atoms in total. The van der Waals surface area contributed by atoms with Crippen molar-refractivity contribution in [2.75, 3.05) is 0 Å². The molecular formula is C45H54O4. The van der Waals surface area contributed by atoms with Gasteiger partial charge in [0.1, 0.15) is 11.9 Å². The lowest BCUT2D eigenvalue weighted by Gasteiger charge is -2.50. The molecule has 2 aromatic rings. The first-order valence-electron chi connectivity index (χ1n) is 18.5. The predicted molar refractivity (Wildman–Crippen MR) is 198 cm³/mol. The second kappa shape index (κ2) is 14.5. The smallest absolute Gasteiger partial charge is 0.343 e. The Labute approximate surface area is 294 Å². The summed E-state index contributed by atoms with van der Waals surface area (Å²) in [5.74, 6) is 1.88. The van der Waals surface area contributed by atoms with Gasteiger partial charge in [-0.1, -0.05) is 84.4 Å². The monoisotopic (exact) mass is 658 g/mol. The molecule has 258 valence electrons. The highest BCUT2D eigenvalue weighted by Gasteiger charge is 2.57. The molecule has 4 aliphatic rings. The van der Waals surface area contributed by atoms with E-state index in [1.165, 1.54) is 22.3 Å². The van der Waals surface area contributed by atoms with Crippen molar-refractivity contribution in [2.45, 2.75) is 111 Å². The lowest BCUT2D eigenvalue weighted by Crippen LogP contribution is -2.46. The lowest BCUT2D eigenvalue weighted by atomic mass is 9.55. The van der Waals surface area contributed by atoms with Gasteiger partial charge >= 0.3 is 11.9 Å². The van der Waals surface area contributed by atoms with E-state index in [4.69, 9.17) is 9.47 Å². The van der Waals surface area contributed by atoms with Crippen molar-refractivity contribution < 1.29 is 19.1 Å². The third kappa shape index (κ3) is 7.07. The molecule has 0 N–H and O–H groups in total. The summed E-state index contributed by atoms with van der Waals surface area (Å²) >= 11 is 0. The van der Waals surface area contributed by atoms with E-state index in [-0.39, 0.29) is 23.5 Å². The molecule has 6 rings (SSSR count). The number of esters is 2. The Kier molecular flexibility index (Phi) is 10.3. The highest BCUT2D eigenvalue weighted by molar-refractivity contribution is 5.91. The highest BCUT2D eigenvalue weighted by atomic mass is 16.5. The van der Waals surface area contributed by atoms with Crippen molar-refractivity contribution in [1.29, 1.82) is 0 Å². The summed E-state index contributed by atoms with van der Waals surface area (Å²) in [6, 6.07) is 15.4. The molecule has 0 bridgehead atoms. The van der Waals surface area contributed by atoms with Crippen molar-refractivity contribution in [1.82, 2.24) is 0 Å². The van der Waals surface area contributed by atoms with Crippen LogP contribution in [0.3, 0.4) is 0 Å². The van der Waals surface area contributed by atoms with Crippen LogP contribution in [0, 0.1) is 22.7 Å². The topological polar surface area (TPSA) is 52.6 Å². The second-order valence-corrected chi connectivity index (χ2v) is 15.6. The minimum atomic E-state index is -0.631. The van der Waals surface area contributed by atoms with Gasteiger partial charge in [-0.15, -0.1) is 0 Å². The third-order valence-electron chi connectivity index (χ3n) is 12.5. The van der Waals surface area contributed by atoms with E-state index in [2.05, 4.69) is 83.2 Å². The Hall–Kier alpha value is -3.92. The molecule has 1 unspecified atom stereocenters. The summed E-state index contributed by atoms with van der Waals surface area (Å²) in [6.45, 7) is 13.0. The summed E-state index contributed by atoms with van der Waals surface area (Å²) in [5.41, 5.74) is 7.47. The number of carbonyl (C=O) groups is 2. The fourth-order valence-corrected chi connectivity index (χ4v) is 9.47. The van der Waals surface area contributed by atoms with Crippen LogP contribution < -0.4 is 4.74 Å². The molecule has 6 atom stereocenters. The molecule has 0 amide bonds. The van der Waals surface area contributed by atoms with Crippen molar-refractivity contribution in [3.8, 4) is 5.75 Å². The quantitative estimate of drug-likeness (QED) is 0.161. The largest absolute Gasteiger partial charge is 0.461 e. The van der Waals surface area contributed by atoms with E-state index in [9.17, 15) is 9.59 Å². The third-order valence-corrected chi connectivity index (χ3v) is 12.5. The van der Waals surface area contributed by atoms with Crippen LogP contribution in [0.2, 0.25) is 0 Å². The Bertz CT molecular complexity index is 1720. The van der Waals surface area contributed by atoms with Gasteiger partial charge < -0.3 is 9.47 Å². The van der Waals surface area contributed by atoms with Gasteiger partial charge in [0.2, 0.25) is 0 Å². The summed E-state index contributed by atoms with van der Waals surface area (Å²) in [4.78, 5) is 26.9. The molecule has 0 spiro atoms. The fourth-order valence-electron chi connectivity index (χ4n) is 9.47. The number of rotatable bonds is 8. The van der Waals surface area contributed by atoms with Crippen molar-refractivity contribution >= 4 is 11.9 Å². The Morgan fingerprint density at radius 2 is 1.69 bits per heavy atom. The van der Waals surface area contributed by atoms with Crippen molar-refractivity contribution in [3.05, 3.63) is 124 Å². The molecule has 0 heterocycles. The first-order chi connectivity index (χ1) is 23.5. The molecule has 2 fully saturated rings. The maximum absolute atomic E-state index is 14.3. The van der Waals surface area contributed by atoms with Gasteiger partial charge in [0.05, 0.1) is 11.0 Å². The van der Waals surface area contributed by atoms with E-state index < -0.39 is 5.41 Å². The second-order valence-electron chi connectivity index (χ2n) is 15.6. The summed E-state index contributed by atoms with van der Waals surface area (Å²) in [5, 5.41) is 0. The zero-order valence-corrected chi connectivity index (χ0v) is 30.4. The minimum Gasteiger partial charge on any atom is -0.461 e. The molecule has 2 saturated carbocycles. The van der Waals surface area contributed by atoms with Crippen molar-refractivity contribution in [3.63, 3.8) is 0 Å². The van der Waals surface area contributed by atoms with Gasteiger partial charge in [0, 0.05) is 5.41 Å². The zero-order valence-electron chi connectivity index (χ0n) is 30.4. The van der Waals surface area contributed by atoms with Gasteiger partial charge in [-0.05, 0) is 151 Å². The zero-order chi connectivity index (χ0) is 34.8. The van der Waals surface area contributed by atoms with E-state index in [1.807, 2.05) is 31.2 Å². The number of ether oxygens (including phenoxy) is 2. The SMILES string of the molecule is CC=C(C)C=CC=C(C)C=CC1=C(C)CCCC1(C)C(=O)O[C@H]1CC[C@H]2[C@@H]3CCc4cc(OC(=O)c5ccccc5)ccc4[C@H]3CC[C@]12C. The molecule has 49 heavy (non-hydrogen) atoms. The van der Waals surface area contributed by atoms with Crippen LogP contribution in [0.25, 0.3) is 0 Å². The summed E-state index contributed by atoms with van der Waals surface area (Å²) in [7, 11) is 0. The maximum atomic E-state index is 14.3. The number of carbonyl (C=O) groups excluding carboxylic acids is 2. The van der Waals surface area contributed by atoms with Gasteiger partial charge in [0.15, 0.2) is 0 Å². The van der Waals surface area contributed by atoms with Gasteiger partial charge in [-0.3, -0.25) is 4.79 Å². The van der Waals surface area contributed by atoms with Gasteiger partial charge in [-0.2, -0.15) is 0 Å². The fraction of sp³-hybridized carbons (Fsp3) is 0.467. The summed E-state index contributed by atoms with van der Waals surface area (Å²) in [6.07, 6.45) is 21.9. The van der Waals surface area contributed by atoms with Crippen LogP contribution in [0.4, 0.5) is 0 Å². The average Bonchev–Trinajstić information content (AvgIpc) is 3.43. The standard InChI is InChI=1S/C45H54O4/c1-7-30(2)13-11-14-31(3)18-23-39-32(4)15-12-27-45(39,6)43(47)49-41-25-24-40-38-21-19-34-29-35(48-42(46)33-16-9-8-10-17-33)20-22-36(34)37(38)26-28-44(40,41)5/h7-11,13-14,16-18,20,22-23,29,37-38,40-41H,12,15,19,21,24-28H2,1-6H3/t37-,38-,40+,41+,44+,45?/m1/s1. The molecule has 4 heteroatoms. The highest BCUT2D eigenvalue weighted by Crippen LogP contribution is 2.62. The Balaban J connectivity index is 1.14. The van der Waals surface area contributed by atoms with Gasteiger partial charge in [-0.25, -0.2) is 4.79 Å². The number of benzene rings is 2.